The van der Waals surface area contributed by atoms with Crippen LogP contribution in [0.1, 0.15) is 10.4 Å². The van der Waals surface area contributed by atoms with E-state index in [1.165, 1.54) is 18.2 Å². The topological polar surface area (TPSA) is 195 Å². The number of nitrogens with zero attached hydrogens (tertiary/aromatic N) is 3. The predicted octanol–water partition coefficient (Wildman–Crippen LogP) is 2.99. The molecule has 14 heteroatoms. The molecule has 0 aliphatic rings. The molecule has 0 radical (unpaired) electrons. The Kier molecular flexibility index (Phi) is 14.1. The molecular formula is C28H34N4O10. The number of carbonyl (C=O) groups excluding carboxylic acids is 1. The van der Waals surface area contributed by atoms with Gasteiger partial charge in [0.2, 0.25) is 5.75 Å². The number of ether oxygens (including phenoxy) is 5. The van der Waals surface area contributed by atoms with Crippen molar-refractivity contribution in [3.63, 3.8) is 0 Å². The van der Waals surface area contributed by atoms with Crippen LogP contribution in [0.4, 0.5) is 0 Å². The second-order valence-electron chi connectivity index (χ2n) is 8.63. The number of fused-ring (bicyclic) bond motifs is 1. The lowest BCUT2D eigenvalue weighted by Gasteiger charge is -2.09. The monoisotopic (exact) mass is 586 g/mol. The summed E-state index contributed by atoms with van der Waals surface area (Å²) in [5.74, 6) is -1.00. The number of hydrogen-bond donors (Lipinski definition) is 3. The van der Waals surface area contributed by atoms with Crippen molar-refractivity contribution in [3.05, 3.63) is 68.7 Å². The van der Waals surface area contributed by atoms with Crippen LogP contribution in [0.2, 0.25) is 0 Å². The first-order valence-electron chi connectivity index (χ1n) is 13.3. The summed E-state index contributed by atoms with van der Waals surface area (Å²) in [5, 5.41) is 26.0. The second kappa shape index (κ2) is 18.3. The fraction of sp³-hybridized carbons (Fsp3) is 0.429. The maximum atomic E-state index is 12.4. The SMILES string of the molecule is [N-]=[N+]=NCCOCCOCCOCCOCCOCCNC(=O)c1ccc(-c2cc(=O)c3ccc(O)c(O)c3o2)cc1. The first-order chi connectivity index (χ1) is 20.5. The Morgan fingerprint density at radius 1 is 0.833 bits per heavy atom. The number of azide groups is 1. The Labute approximate surface area is 241 Å². The van der Waals surface area contributed by atoms with Crippen molar-refractivity contribution in [2.45, 2.75) is 0 Å². The largest absolute Gasteiger partial charge is 0.504 e. The molecule has 0 saturated heterocycles. The Morgan fingerprint density at radius 3 is 2.00 bits per heavy atom. The summed E-state index contributed by atoms with van der Waals surface area (Å²) in [7, 11) is 0. The van der Waals surface area contributed by atoms with Gasteiger partial charge in [0.1, 0.15) is 5.76 Å². The first kappa shape index (κ1) is 32.3. The molecule has 0 saturated carbocycles. The molecule has 3 rings (SSSR count). The van der Waals surface area contributed by atoms with Crippen LogP contribution in [0, 0.1) is 0 Å². The highest BCUT2D eigenvalue weighted by atomic mass is 16.6. The van der Waals surface area contributed by atoms with Gasteiger partial charge in [-0.2, -0.15) is 0 Å². The third-order valence-electron chi connectivity index (χ3n) is 5.70. The molecule has 0 bridgehead atoms. The zero-order valence-corrected chi connectivity index (χ0v) is 23.0. The molecule has 0 spiro atoms. The van der Waals surface area contributed by atoms with Crippen LogP contribution in [0.5, 0.6) is 11.5 Å². The van der Waals surface area contributed by atoms with Crippen LogP contribution in [-0.2, 0) is 23.7 Å². The zero-order valence-electron chi connectivity index (χ0n) is 23.0. The van der Waals surface area contributed by atoms with Crippen molar-refractivity contribution < 1.29 is 43.1 Å². The van der Waals surface area contributed by atoms with E-state index in [0.29, 0.717) is 90.3 Å². The predicted molar refractivity (Wildman–Crippen MR) is 152 cm³/mol. The standard InChI is InChI=1S/C28H34N4O10/c29-32-31-8-10-38-12-14-40-16-18-41-17-15-39-13-11-37-9-7-30-28(36)21-3-1-20(2-4-21)25-19-24(34)22-5-6-23(33)26(35)27(22)42-25/h1-6,19,33,35H,7-18H2,(H,30,36). The van der Waals surface area contributed by atoms with Crippen LogP contribution in [0.25, 0.3) is 32.7 Å². The number of phenols is 2. The molecule has 14 nitrogen and oxygen atoms in total. The van der Waals surface area contributed by atoms with Crippen LogP contribution < -0.4 is 10.7 Å². The van der Waals surface area contributed by atoms with E-state index in [9.17, 15) is 19.8 Å². The van der Waals surface area contributed by atoms with Crippen LogP contribution in [0.15, 0.2) is 56.8 Å². The molecular weight excluding hydrogens is 552 g/mol. The number of aromatic hydroxyl groups is 2. The molecule has 2 aromatic carbocycles. The molecule has 42 heavy (non-hydrogen) atoms. The van der Waals surface area contributed by atoms with E-state index in [1.807, 2.05) is 0 Å². The minimum Gasteiger partial charge on any atom is -0.504 e. The van der Waals surface area contributed by atoms with E-state index < -0.39 is 11.5 Å². The average molecular weight is 587 g/mol. The molecule has 3 aromatic rings. The minimum absolute atomic E-state index is 0.112. The average Bonchev–Trinajstić information content (AvgIpc) is 3.00. The van der Waals surface area contributed by atoms with Gasteiger partial charge in [-0.05, 0) is 29.8 Å². The van der Waals surface area contributed by atoms with Crippen molar-refractivity contribution in [1.29, 1.82) is 0 Å². The molecule has 3 N–H and O–H groups in total. The maximum Gasteiger partial charge on any atom is 0.251 e. The fourth-order valence-corrected chi connectivity index (χ4v) is 3.59. The minimum atomic E-state index is -0.511. The molecule has 0 atom stereocenters. The Bertz CT molecular complexity index is 1370. The number of rotatable bonds is 20. The number of amides is 1. The van der Waals surface area contributed by atoms with Gasteiger partial charge in [0, 0.05) is 35.2 Å². The highest BCUT2D eigenvalue weighted by molar-refractivity contribution is 5.94. The van der Waals surface area contributed by atoms with Crippen molar-refractivity contribution in [1.82, 2.24) is 5.32 Å². The van der Waals surface area contributed by atoms with E-state index in [-0.39, 0.29) is 28.1 Å². The van der Waals surface area contributed by atoms with Crippen molar-refractivity contribution in [3.8, 4) is 22.8 Å². The molecule has 0 unspecified atom stereocenters. The van der Waals surface area contributed by atoms with Crippen molar-refractivity contribution in [2.24, 2.45) is 5.11 Å². The van der Waals surface area contributed by atoms with Crippen LogP contribution >= 0.6 is 0 Å². The van der Waals surface area contributed by atoms with Gasteiger partial charge in [0.05, 0.1) is 71.5 Å². The summed E-state index contributed by atoms with van der Waals surface area (Å²) in [4.78, 5) is 27.4. The molecule has 226 valence electrons. The normalized spacial score (nSPS) is 11.0. The van der Waals surface area contributed by atoms with Crippen LogP contribution in [0.3, 0.4) is 0 Å². The summed E-state index contributed by atoms with van der Waals surface area (Å²) >= 11 is 0. The van der Waals surface area contributed by atoms with E-state index in [2.05, 4.69) is 15.3 Å². The summed E-state index contributed by atoms with van der Waals surface area (Å²) in [6.07, 6.45) is 0. The lowest BCUT2D eigenvalue weighted by atomic mass is 10.1. The van der Waals surface area contributed by atoms with Gasteiger partial charge < -0.3 is 43.6 Å². The molecule has 1 amide bonds. The highest BCUT2D eigenvalue weighted by Crippen LogP contribution is 2.34. The second-order valence-corrected chi connectivity index (χ2v) is 8.63. The van der Waals surface area contributed by atoms with Gasteiger partial charge in [0.25, 0.3) is 5.91 Å². The molecule has 1 heterocycles. The molecule has 0 aliphatic heterocycles. The van der Waals surface area contributed by atoms with Gasteiger partial charge >= 0.3 is 0 Å². The summed E-state index contributed by atoms with van der Waals surface area (Å²) in [5.41, 5.74) is 8.58. The number of hydrogen-bond acceptors (Lipinski definition) is 11. The maximum absolute atomic E-state index is 12.4. The molecule has 0 fully saturated rings. The Morgan fingerprint density at radius 2 is 1.40 bits per heavy atom. The molecule has 0 aliphatic carbocycles. The van der Waals surface area contributed by atoms with E-state index >= 15 is 0 Å². The lowest BCUT2D eigenvalue weighted by Crippen LogP contribution is -2.27. The van der Waals surface area contributed by atoms with Gasteiger partial charge in [-0.25, -0.2) is 0 Å². The van der Waals surface area contributed by atoms with Crippen molar-refractivity contribution in [2.75, 3.05) is 79.2 Å². The summed E-state index contributed by atoms with van der Waals surface area (Å²) in [6, 6.07) is 10.3. The molecule has 1 aromatic heterocycles. The van der Waals surface area contributed by atoms with Gasteiger partial charge in [0.15, 0.2) is 16.8 Å². The van der Waals surface area contributed by atoms with E-state index in [4.69, 9.17) is 33.6 Å². The van der Waals surface area contributed by atoms with Crippen molar-refractivity contribution >= 4 is 16.9 Å². The number of benzene rings is 2. The third-order valence-corrected chi connectivity index (χ3v) is 5.70. The van der Waals surface area contributed by atoms with E-state index in [0.717, 1.165) is 0 Å². The quantitative estimate of drug-likeness (QED) is 0.0582. The highest BCUT2D eigenvalue weighted by Gasteiger charge is 2.14. The third kappa shape index (κ3) is 10.7. The zero-order chi connectivity index (χ0) is 30.0. The number of nitrogens with one attached hydrogen (secondary N) is 1. The van der Waals surface area contributed by atoms with Crippen LogP contribution in [-0.4, -0.2) is 95.3 Å². The number of phenolic OH excluding ortho intramolecular Hbond substituents is 2. The lowest BCUT2D eigenvalue weighted by molar-refractivity contribution is -0.0102. The van der Waals surface area contributed by atoms with Gasteiger partial charge in [-0.1, -0.05) is 17.2 Å². The smallest absolute Gasteiger partial charge is 0.251 e. The first-order valence-corrected chi connectivity index (χ1v) is 13.3. The Balaban J connectivity index is 1.22. The van der Waals surface area contributed by atoms with E-state index in [1.54, 1.807) is 24.3 Å². The fourth-order valence-electron chi connectivity index (χ4n) is 3.59. The van der Waals surface area contributed by atoms with Gasteiger partial charge in [-0.3, -0.25) is 9.59 Å². The van der Waals surface area contributed by atoms with Gasteiger partial charge in [-0.15, -0.1) is 0 Å². The summed E-state index contributed by atoms with van der Waals surface area (Å²) in [6.45, 7) is 4.67. The summed E-state index contributed by atoms with van der Waals surface area (Å²) < 4.78 is 32.5. The Hall–Kier alpha value is -4.17. The number of carbonyl (C=O) groups is 1.